The zero-order valence-corrected chi connectivity index (χ0v) is 12.5. The van der Waals surface area contributed by atoms with Gasteiger partial charge in [0.15, 0.2) is 0 Å². The van der Waals surface area contributed by atoms with Crippen molar-refractivity contribution in [3.8, 4) is 11.5 Å². The van der Waals surface area contributed by atoms with Crippen LogP contribution in [0.5, 0.6) is 11.5 Å². The summed E-state index contributed by atoms with van der Waals surface area (Å²) in [5, 5.41) is 0. The summed E-state index contributed by atoms with van der Waals surface area (Å²) in [5.41, 5.74) is 0.674. The van der Waals surface area contributed by atoms with E-state index in [2.05, 4.69) is 4.40 Å². The second kappa shape index (κ2) is 6.41. The second-order valence-electron chi connectivity index (χ2n) is 4.16. The van der Waals surface area contributed by atoms with E-state index in [1.807, 2.05) is 0 Å². The topological polar surface area (TPSA) is 65.0 Å². The van der Waals surface area contributed by atoms with Crippen LogP contribution >= 0.6 is 0 Å². The average Bonchev–Trinajstić information content (AvgIpc) is 2.53. The molecular formula is C15H15NO4S. The molecule has 110 valence electrons. The van der Waals surface area contributed by atoms with Gasteiger partial charge in [-0.25, -0.2) is 0 Å². The van der Waals surface area contributed by atoms with Crippen molar-refractivity contribution < 1.29 is 17.9 Å². The Kier molecular flexibility index (Phi) is 4.59. The van der Waals surface area contributed by atoms with Crippen molar-refractivity contribution in [1.29, 1.82) is 0 Å². The maximum atomic E-state index is 12.1. The van der Waals surface area contributed by atoms with Gasteiger partial charge >= 0.3 is 0 Å². The summed E-state index contributed by atoms with van der Waals surface area (Å²) < 4.78 is 37.8. The summed E-state index contributed by atoms with van der Waals surface area (Å²) in [7, 11) is -0.631. The lowest BCUT2D eigenvalue weighted by atomic mass is 10.2. The van der Waals surface area contributed by atoms with Crippen LogP contribution in [0.25, 0.3) is 0 Å². The Bertz CT molecular complexity index is 719. The molecule has 0 atom stereocenters. The smallest absolute Gasteiger partial charge is 0.282 e. The van der Waals surface area contributed by atoms with Gasteiger partial charge in [0.1, 0.15) is 11.5 Å². The van der Waals surface area contributed by atoms with E-state index in [9.17, 15) is 8.42 Å². The summed E-state index contributed by atoms with van der Waals surface area (Å²) in [6, 6.07) is 13.0. The molecule has 0 bridgehead atoms. The molecule has 0 saturated carbocycles. The Labute approximate surface area is 123 Å². The minimum absolute atomic E-state index is 0.119. The van der Waals surface area contributed by atoms with Crippen LogP contribution in [0.4, 0.5) is 0 Å². The Morgan fingerprint density at radius 1 is 0.857 bits per heavy atom. The molecule has 2 aromatic carbocycles. The standard InChI is InChI=1S/C15H15NO4S/c1-19-13-5-3-12(4-6-13)11-16-21(17,18)15-9-7-14(20-2)8-10-15/h3-11H,1-2H3/b16-11-. The van der Waals surface area contributed by atoms with Gasteiger partial charge in [-0.2, -0.15) is 12.8 Å². The molecule has 21 heavy (non-hydrogen) atoms. The fourth-order valence-electron chi connectivity index (χ4n) is 1.63. The number of benzene rings is 2. The molecule has 0 radical (unpaired) electrons. The first-order valence-electron chi connectivity index (χ1n) is 6.13. The van der Waals surface area contributed by atoms with Crippen molar-refractivity contribution >= 4 is 16.2 Å². The van der Waals surface area contributed by atoms with E-state index in [4.69, 9.17) is 9.47 Å². The minimum atomic E-state index is -3.72. The normalized spacial score (nSPS) is 11.5. The predicted octanol–water partition coefficient (Wildman–Crippen LogP) is 2.51. The third-order valence-corrected chi connectivity index (χ3v) is 4.06. The number of hydrogen-bond acceptors (Lipinski definition) is 4. The zero-order valence-electron chi connectivity index (χ0n) is 11.7. The van der Waals surface area contributed by atoms with E-state index in [1.165, 1.54) is 25.5 Å². The molecule has 0 saturated heterocycles. The SMILES string of the molecule is COc1ccc(/C=N\S(=O)(=O)c2ccc(OC)cc2)cc1. The van der Waals surface area contributed by atoms with Gasteiger partial charge in [-0.15, -0.1) is 0 Å². The van der Waals surface area contributed by atoms with Crippen molar-refractivity contribution in [3.63, 3.8) is 0 Å². The first-order chi connectivity index (χ1) is 10.0. The highest BCUT2D eigenvalue weighted by Gasteiger charge is 2.11. The molecule has 0 amide bonds. The summed E-state index contributed by atoms with van der Waals surface area (Å²) in [5.74, 6) is 1.29. The highest BCUT2D eigenvalue weighted by atomic mass is 32.2. The molecule has 6 heteroatoms. The lowest BCUT2D eigenvalue weighted by Crippen LogP contribution is -1.98. The number of nitrogens with zero attached hydrogens (tertiary/aromatic N) is 1. The summed E-state index contributed by atoms with van der Waals surface area (Å²) in [4.78, 5) is 0.119. The molecule has 0 unspecified atom stereocenters. The predicted molar refractivity (Wildman–Crippen MR) is 80.8 cm³/mol. The zero-order chi connectivity index (χ0) is 15.3. The summed E-state index contributed by atoms with van der Waals surface area (Å²) in [6.07, 6.45) is 1.30. The highest BCUT2D eigenvalue weighted by Crippen LogP contribution is 2.17. The third kappa shape index (κ3) is 3.82. The fraction of sp³-hybridized carbons (Fsp3) is 0.133. The Balaban J connectivity index is 2.20. The number of methoxy groups -OCH3 is 2. The van der Waals surface area contributed by atoms with Crippen LogP contribution in [0.15, 0.2) is 57.8 Å². The lowest BCUT2D eigenvalue weighted by molar-refractivity contribution is 0.414. The van der Waals surface area contributed by atoms with Gasteiger partial charge in [0.05, 0.1) is 19.1 Å². The molecular weight excluding hydrogens is 290 g/mol. The molecule has 0 aliphatic carbocycles. The lowest BCUT2D eigenvalue weighted by Gasteiger charge is -2.02. The van der Waals surface area contributed by atoms with Crippen molar-refractivity contribution in [2.45, 2.75) is 4.90 Å². The molecule has 0 spiro atoms. The Morgan fingerprint density at radius 2 is 1.33 bits per heavy atom. The number of hydrogen-bond donors (Lipinski definition) is 0. The van der Waals surface area contributed by atoms with Crippen LogP contribution in [0.1, 0.15) is 5.56 Å². The van der Waals surface area contributed by atoms with Gasteiger partial charge in [-0.1, -0.05) is 0 Å². The van der Waals surface area contributed by atoms with E-state index < -0.39 is 10.0 Å². The molecule has 5 nitrogen and oxygen atoms in total. The van der Waals surface area contributed by atoms with Gasteiger partial charge < -0.3 is 9.47 Å². The van der Waals surface area contributed by atoms with Gasteiger partial charge in [-0.05, 0) is 54.1 Å². The molecule has 2 aromatic rings. The van der Waals surface area contributed by atoms with Crippen LogP contribution in [0.3, 0.4) is 0 Å². The molecule has 2 rings (SSSR count). The van der Waals surface area contributed by atoms with Crippen molar-refractivity contribution in [2.24, 2.45) is 4.40 Å². The molecule has 0 aliphatic heterocycles. The number of rotatable bonds is 5. The maximum absolute atomic E-state index is 12.1. The summed E-state index contributed by atoms with van der Waals surface area (Å²) in [6.45, 7) is 0. The van der Waals surface area contributed by atoms with Crippen LogP contribution in [-0.4, -0.2) is 28.9 Å². The van der Waals surface area contributed by atoms with Gasteiger partial charge in [0, 0.05) is 6.21 Å². The van der Waals surface area contributed by atoms with E-state index in [1.54, 1.807) is 43.5 Å². The first-order valence-corrected chi connectivity index (χ1v) is 7.57. The summed E-state index contributed by atoms with van der Waals surface area (Å²) >= 11 is 0. The number of ether oxygens (including phenoxy) is 2. The van der Waals surface area contributed by atoms with Crippen molar-refractivity contribution in [1.82, 2.24) is 0 Å². The Morgan fingerprint density at radius 3 is 1.81 bits per heavy atom. The van der Waals surface area contributed by atoms with Crippen LogP contribution in [-0.2, 0) is 10.0 Å². The maximum Gasteiger partial charge on any atom is 0.282 e. The van der Waals surface area contributed by atoms with Crippen molar-refractivity contribution in [2.75, 3.05) is 14.2 Å². The van der Waals surface area contributed by atoms with Gasteiger partial charge in [0.25, 0.3) is 10.0 Å². The third-order valence-electron chi connectivity index (χ3n) is 2.81. The quantitative estimate of drug-likeness (QED) is 0.796. The largest absolute Gasteiger partial charge is 0.497 e. The minimum Gasteiger partial charge on any atom is -0.497 e. The average molecular weight is 305 g/mol. The molecule has 0 aromatic heterocycles. The van der Waals surface area contributed by atoms with Crippen LogP contribution in [0.2, 0.25) is 0 Å². The van der Waals surface area contributed by atoms with Crippen molar-refractivity contribution in [3.05, 3.63) is 54.1 Å². The van der Waals surface area contributed by atoms with E-state index in [0.717, 1.165) is 0 Å². The van der Waals surface area contributed by atoms with Gasteiger partial charge in [0.2, 0.25) is 0 Å². The van der Waals surface area contributed by atoms with Gasteiger partial charge in [-0.3, -0.25) is 0 Å². The Hall–Kier alpha value is -2.34. The van der Waals surface area contributed by atoms with Crippen LogP contribution < -0.4 is 9.47 Å². The molecule has 0 N–H and O–H groups in total. The highest BCUT2D eigenvalue weighted by molar-refractivity contribution is 7.90. The van der Waals surface area contributed by atoms with Crippen LogP contribution in [0, 0.1) is 0 Å². The first kappa shape index (κ1) is 15.1. The molecule has 0 heterocycles. The fourth-order valence-corrected chi connectivity index (χ4v) is 2.49. The molecule has 0 fully saturated rings. The monoisotopic (exact) mass is 305 g/mol. The van der Waals surface area contributed by atoms with E-state index in [0.29, 0.717) is 17.1 Å². The van der Waals surface area contributed by atoms with E-state index >= 15 is 0 Å². The second-order valence-corrected chi connectivity index (χ2v) is 5.79. The molecule has 0 aliphatic rings. The van der Waals surface area contributed by atoms with E-state index in [-0.39, 0.29) is 4.90 Å². The number of sulfonamides is 1.